The second-order valence-electron chi connectivity index (χ2n) is 5.71. The summed E-state index contributed by atoms with van der Waals surface area (Å²) < 4.78 is 0. The van der Waals surface area contributed by atoms with Gasteiger partial charge in [0.2, 0.25) is 0 Å². The van der Waals surface area contributed by atoms with Crippen molar-refractivity contribution in [2.24, 2.45) is 0 Å². The maximum Gasteiger partial charge on any atom is 0.264 e. The van der Waals surface area contributed by atoms with Crippen molar-refractivity contribution in [3.63, 3.8) is 0 Å². The van der Waals surface area contributed by atoms with Crippen LogP contribution in [0.3, 0.4) is 0 Å². The van der Waals surface area contributed by atoms with E-state index in [-0.39, 0.29) is 23.1 Å². The number of nitrogens with zero attached hydrogens (tertiary/aromatic N) is 2. The highest BCUT2D eigenvalue weighted by atomic mass is 16.2. The van der Waals surface area contributed by atoms with Gasteiger partial charge in [0.25, 0.3) is 11.5 Å². The van der Waals surface area contributed by atoms with Gasteiger partial charge in [-0.1, -0.05) is 30.3 Å². The molecule has 3 rings (SSSR count). The first-order valence-corrected chi connectivity index (χ1v) is 7.86. The first-order chi connectivity index (χ1) is 11.2. The molecule has 120 valence electrons. The number of nitrogens with one attached hydrogen (secondary N) is 2. The summed E-state index contributed by atoms with van der Waals surface area (Å²) in [5, 5.41) is 8.86. The fourth-order valence-corrected chi connectivity index (χ4v) is 2.98. The van der Waals surface area contributed by atoms with E-state index in [0.717, 1.165) is 13.1 Å². The molecule has 2 N–H and O–H groups in total. The Balaban J connectivity index is 1.71. The Labute approximate surface area is 134 Å². The fraction of sp³-hybridized carbons (Fsp3) is 0.353. The molecule has 0 spiro atoms. The molecule has 23 heavy (non-hydrogen) atoms. The third-order valence-electron chi connectivity index (χ3n) is 4.15. The first-order valence-electron chi connectivity index (χ1n) is 7.86. The van der Waals surface area contributed by atoms with E-state index in [2.05, 4.69) is 32.5 Å². The molecule has 1 amide bonds. The SMILES string of the molecule is O=C(NCC(c1ccccc1)N1CCCC1)c1cn[nH]c(=O)c1. The van der Waals surface area contributed by atoms with Crippen LogP contribution in [0.4, 0.5) is 0 Å². The lowest BCUT2D eigenvalue weighted by atomic mass is 10.1. The molecule has 1 aliphatic rings. The topological polar surface area (TPSA) is 78.1 Å². The first kappa shape index (κ1) is 15.4. The zero-order valence-electron chi connectivity index (χ0n) is 12.9. The molecule has 0 radical (unpaired) electrons. The quantitative estimate of drug-likeness (QED) is 0.873. The van der Waals surface area contributed by atoms with Crippen LogP contribution in [0.15, 0.2) is 47.4 Å². The highest BCUT2D eigenvalue weighted by Gasteiger charge is 2.24. The van der Waals surface area contributed by atoms with Crippen molar-refractivity contribution >= 4 is 5.91 Å². The average molecular weight is 312 g/mol. The average Bonchev–Trinajstić information content (AvgIpc) is 3.10. The van der Waals surface area contributed by atoms with Crippen molar-refractivity contribution in [1.82, 2.24) is 20.4 Å². The minimum atomic E-state index is -0.378. The Morgan fingerprint density at radius 2 is 2.00 bits per heavy atom. The number of hydrogen-bond acceptors (Lipinski definition) is 4. The van der Waals surface area contributed by atoms with Crippen molar-refractivity contribution in [2.75, 3.05) is 19.6 Å². The molecule has 0 aliphatic carbocycles. The number of amides is 1. The molecule has 2 aromatic rings. The van der Waals surface area contributed by atoms with Crippen LogP contribution in [0, 0.1) is 0 Å². The Hall–Kier alpha value is -2.47. The highest BCUT2D eigenvalue weighted by molar-refractivity contribution is 5.93. The number of aromatic nitrogens is 2. The Kier molecular flexibility index (Phi) is 4.83. The van der Waals surface area contributed by atoms with Crippen LogP contribution < -0.4 is 10.9 Å². The van der Waals surface area contributed by atoms with Gasteiger partial charge < -0.3 is 5.32 Å². The van der Waals surface area contributed by atoms with Crippen molar-refractivity contribution in [3.05, 3.63) is 64.1 Å². The molecule has 6 heteroatoms. The number of hydrogen-bond donors (Lipinski definition) is 2. The normalized spacial score (nSPS) is 16.2. The van der Waals surface area contributed by atoms with Gasteiger partial charge in [-0.15, -0.1) is 0 Å². The largest absolute Gasteiger partial charge is 0.350 e. The second kappa shape index (κ2) is 7.19. The number of carbonyl (C=O) groups is 1. The predicted molar refractivity (Wildman–Crippen MR) is 87.2 cm³/mol. The highest BCUT2D eigenvalue weighted by Crippen LogP contribution is 2.24. The summed E-state index contributed by atoms with van der Waals surface area (Å²) in [5.41, 5.74) is 1.09. The van der Waals surface area contributed by atoms with Gasteiger partial charge in [0.05, 0.1) is 17.8 Å². The number of likely N-dealkylation sites (tertiary alicyclic amines) is 1. The van der Waals surface area contributed by atoms with Crippen LogP contribution in [-0.4, -0.2) is 40.6 Å². The van der Waals surface area contributed by atoms with Crippen molar-refractivity contribution < 1.29 is 4.79 Å². The molecule has 0 bridgehead atoms. The summed E-state index contributed by atoms with van der Waals surface area (Å²) in [7, 11) is 0. The zero-order valence-corrected chi connectivity index (χ0v) is 12.9. The summed E-state index contributed by atoms with van der Waals surface area (Å²) in [6, 6.07) is 11.6. The lowest BCUT2D eigenvalue weighted by molar-refractivity contribution is 0.0937. The van der Waals surface area contributed by atoms with E-state index >= 15 is 0 Å². The molecular weight excluding hydrogens is 292 g/mol. The summed E-state index contributed by atoms with van der Waals surface area (Å²) in [6.45, 7) is 2.60. The molecule has 6 nitrogen and oxygen atoms in total. The Morgan fingerprint density at radius 1 is 1.26 bits per heavy atom. The molecule has 2 heterocycles. The van der Waals surface area contributed by atoms with Gasteiger partial charge in [-0.2, -0.15) is 5.10 Å². The third-order valence-corrected chi connectivity index (χ3v) is 4.15. The summed E-state index contributed by atoms with van der Waals surface area (Å²) in [6.07, 6.45) is 3.74. The van der Waals surface area contributed by atoms with Gasteiger partial charge in [-0.25, -0.2) is 5.10 Å². The van der Waals surface area contributed by atoms with Gasteiger partial charge in [0, 0.05) is 12.6 Å². The standard InChI is InChI=1S/C17H20N4O2/c22-16-10-14(11-19-20-16)17(23)18-12-15(21-8-4-5-9-21)13-6-2-1-3-7-13/h1-3,6-7,10-11,15H,4-5,8-9,12H2,(H,18,23)(H,20,22). The van der Waals surface area contributed by atoms with E-state index in [1.165, 1.54) is 30.7 Å². The maximum absolute atomic E-state index is 12.2. The lowest BCUT2D eigenvalue weighted by Crippen LogP contribution is -2.37. The van der Waals surface area contributed by atoms with Crippen LogP contribution in [-0.2, 0) is 0 Å². The molecule has 1 aromatic carbocycles. The molecule has 1 atom stereocenters. The van der Waals surface area contributed by atoms with Crippen molar-refractivity contribution in [3.8, 4) is 0 Å². The molecule has 1 aromatic heterocycles. The number of H-pyrrole nitrogens is 1. The van der Waals surface area contributed by atoms with Gasteiger partial charge in [0.1, 0.15) is 0 Å². The third kappa shape index (κ3) is 3.84. The van der Waals surface area contributed by atoms with E-state index in [9.17, 15) is 9.59 Å². The van der Waals surface area contributed by atoms with Crippen LogP contribution in [0.2, 0.25) is 0 Å². The smallest absolute Gasteiger partial charge is 0.264 e. The van der Waals surface area contributed by atoms with E-state index in [1.807, 2.05) is 18.2 Å². The van der Waals surface area contributed by atoms with E-state index in [1.54, 1.807) is 0 Å². The van der Waals surface area contributed by atoms with E-state index < -0.39 is 0 Å². The second-order valence-corrected chi connectivity index (χ2v) is 5.71. The number of benzene rings is 1. The van der Waals surface area contributed by atoms with Crippen LogP contribution in [0.25, 0.3) is 0 Å². The minimum Gasteiger partial charge on any atom is -0.350 e. The fourth-order valence-electron chi connectivity index (χ4n) is 2.98. The van der Waals surface area contributed by atoms with Gasteiger partial charge >= 0.3 is 0 Å². The zero-order chi connectivity index (χ0) is 16.1. The minimum absolute atomic E-state index is 0.151. The van der Waals surface area contributed by atoms with Crippen LogP contribution in [0.1, 0.15) is 34.8 Å². The molecule has 1 aliphatic heterocycles. The molecule has 1 unspecified atom stereocenters. The van der Waals surface area contributed by atoms with Crippen LogP contribution in [0.5, 0.6) is 0 Å². The molecule has 1 fully saturated rings. The molecule has 1 saturated heterocycles. The lowest BCUT2D eigenvalue weighted by Gasteiger charge is -2.28. The van der Waals surface area contributed by atoms with Crippen molar-refractivity contribution in [2.45, 2.75) is 18.9 Å². The molecular formula is C17H20N4O2. The maximum atomic E-state index is 12.2. The summed E-state index contributed by atoms with van der Waals surface area (Å²) in [5.74, 6) is -0.274. The van der Waals surface area contributed by atoms with E-state index in [0.29, 0.717) is 6.54 Å². The number of carbonyl (C=O) groups excluding carboxylic acids is 1. The van der Waals surface area contributed by atoms with E-state index in [4.69, 9.17) is 0 Å². The predicted octanol–water partition coefficient (Wildman–Crippen LogP) is 1.34. The monoisotopic (exact) mass is 312 g/mol. The van der Waals surface area contributed by atoms with Gasteiger partial charge in [-0.3, -0.25) is 14.5 Å². The van der Waals surface area contributed by atoms with Gasteiger partial charge in [-0.05, 0) is 31.5 Å². The van der Waals surface area contributed by atoms with Crippen LogP contribution >= 0.6 is 0 Å². The summed E-state index contributed by atoms with van der Waals surface area (Å²) in [4.78, 5) is 25.9. The van der Waals surface area contributed by atoms with Crippen molar-refractivity contribution in [1.29, 1.82) is 0 Å². The molecule has 0 saturated carbocycles. The number of aromatic amines is 1. The summed E-state index contributed by atoms with van der Waals surface area (Å²) >= 11 is 0. The Bertz CT molecular complexity index is 708. The van der Waals surface area contributed by atoms with Gasteiger partial charge in [0.15, 0.2) is 0 Å². The Morgan fingerprint density at radius 3 is 2.70 bits per heavy atom. The number of rotatable bonds is 5.